The van der Waals surface area contributed by atoms with Crippen LogP contribution in [0.4, 0.5) is 4.79 Å². The molecule has 1 aromatic carbocycles. The highest BCUT2D eigenvalue weighted by molar-refractivity contribution is 7.91. The van der Waals surface area contributed by atoms with Crippen molar-refractivity contribution in [3.8, 4) is 0 Å². The van der Waals surface area contributed by atoms with Crippen LogP contribution < -0.4 is 10.6 Å². The third kappa shape index (κ3) is 4.86. The van der Waals surface area contributed by atoms with E-state index in [1.807, 2.05) is 18.2 Å². The molecule has 1 heterocycles. The second kappa shape index (κ2) is 7.30. The summed E-state index contributed by atoms with van der Waals surface area (Å²) < 4.78 is 28.4. The number of ether oxygens (including phenoxy) is 1. The molecule has 1 aliphatic heterocycles. The highest BCUT2D eigenvalue weighted by atomic mass is 35.5. The van der Waals surface area contributed by atoms with E-state index in [-0.39, 0.29) is 24.2 Å². The molecule has 0 radical (unpaired) electrons. The first-order valence-corrected chi connectivity index (χ1v) is 9.21. The summed E-state index contributed by atoms with van der Waals surface area (Å²) in [6.45, 7) is 2.41. The normalized spacial score (nSPS) is 23.2. The van der Waals surface area contributed by atoms with Crippen LogP contribution in [0.1, 0.15) is 12.5 Å². The zero-order valence-electron chi connectivity index (χ0n) is 12.2. The summed E-state index contributed by atoms with van der Waals surface area (Å²) in [4.78, 5) is 11.5. The first-order chi connectivity index (χ1) is 10.4. The lowest BCUT2D eigenvalue weighted by Gasteiger charge is -2.20. The molecule has 0 aromatic heterocycles. The van der Waals surface area contributed by atoms with Crippen molar-refractivity contribution in [1.29, 1.82) is 0 Å². The first kappa shape index (κ1) is 17.1. The predicted molar refractivity (Wildman–Crippen MR) is 84.7 cm³/mol. The lowest BCUT2D eigenvalue weighted by atomic mass is 10.1. The van der Waals surface area contributed by atoms with Crippen molar-refractivity contribution in [3.63, 3.8) is 0 Å². The fraction of sp³-hybridized carbons (Fsp3) is 0.500. The van der Waals surface area contributed by atoms with Crippen molar-refractivity contribution < 1.29 is 17.9 Å². The maximum Gasteiger partial charge on any atom is 0.407 e. The van der Waals surface area contributed by atoms with Crippen molar-refractivity contribution in [2.75, 3.05) is 18.1 Å². The Kier molecular flexibility index (Phi) is 5.66. The van der Waals surface area contributed by atoms with Gasteiger partial charge >= 0.3 is 6.09 Å². The molecule has 2 atom stereocenters. The minimum atomic E-state index is -3.18. The average Bonchev–Trinajstić information content (AvgIpc) is 2.71. The number of hydrogen-bond donors (Lipinski definition) is 2. The van der Waals surface area contributed by atoms with Gasteiger partial charge in [0.25, 0.3) is 0 Å². The number of alkyl carbamates (subject to hydrolysis) is 1. The van der Waals surface area contributed by atoms with Crippen molar-refractivity contribution in [2.45, 2.75) is 25.6 Å². The first-order valence-electron chi connectivity index (χ1n) is 7.01. The second-order valence-corrected chi connectivity index (χ2v) is 7.76. The Morgan fingerprint density at radius 1 is 1.36 bits per heavy atom. The summed E-state index contributed by atoms with van der Waals surface area (Å²) in [7, 11) is -3.18. The Labute approximate surface area is 135 Å². The van der Waals surface area contributed by atoms with Gasteiger partial charge in [0.2, 0.25) is 0 Å². The summed E-state index contributed by atoms with van der Waals surface area (Å²) in [5, 5.41) is 6.40. The standard InChI is InChI=1S/C14H19ClN2O4S/c1-2-21-14(18)17-13-9-22(19,20)8-12(13)16-7-10-4-3-5-11(15)6-10/h3-6,12-13,16H,2,7-9H2,1H3,(H,17,18)/t12-,13-/m1/s1. The van der Waals surface area contributed by atoms with Crippen molar-refractivity contribution in [3.05, 3.63) is 34.9 Å². The van der Waals surface area contributed by atoms with Gasteiger partial charge in [-0.2, -0.15) is 0 Å². The number of amides is 1. The molecule has 2 N–H and O–H groups in total. The number of carbonyl (C=O) groups excluding carboxylic acids is 1. The Morgan fingerprint density at radius 3 is 2.77 bits per heavy atom. The maximum atomic E-state index is 11.8. The van der Waals surface area contributed by atoms with E-state index in [0.29, 0.717) is 11.6 Å². The summed E-state index contributed by atoms with van der Waals surface area (Å²) in [6, 6.07) is 6.47. The largest absolute Gasteiger partial charge is 0.450 e. The Morgan fingerprint density at radius 2 is 2.09 bits per heavy atom. The van der Waals surface area contributed by atoms with E-state index in [1.54, 1.807) is 13.0 Å². The molecule has 0 saturated carbocycles. The number of nitrogens with one attached hydrogen (secondary N) is 2. The molecular weight excluding hydrogens is 328 g/mol. The number of carbonyl (C=O) groups is 1. The zero-order valence-corrected chi connectivity index (χ0v) is 13.8. The minimum Gasteiger partial charge on any atom is -0.450 e. The van der Waals surface area contributed by atoms with Crippen LogP contribution in [0, 0.1) is 0 Å². The zero-order chi connectivity index (χ0) is 16.2. The molecule has 2 rings (SSSR count). The van der Waals surface area contributed by atoms with Crippen LogP contribution in [0.2, 0.25) is 5.02 Å². The fourth-order valence-corrected chi connectivity index (χ4v) is 4.52. The van der Waals surface area contributed by atoms with Gasteiger partial charge in [-0.3, -0.25) is 0 Å². The number of sulfone groups is 1. The van der Waals surface area contributed by atoms with Crippen LogP contribution in [-0.2, 0) is 21.1 Å². The van der Waals surface area contributed by atoms with Gasteiger partial charge in [0, 0.05) is 17.6 Å². The molecule has 1 amide bonds. The number of hydrogen-bond acceptors (Lipinski definition) is 5. The predicted octanol–water partition coefficient (Wildman–Crippen LogP) is 1.34. The smallest absolute Gasteiger partial charge is 0.407 e. The monoisotopic (exact) mass is 346 g/mol. The molecule has 1 saturated heterocycles. The van der Waals surface area contributed by atoms with E-state index in [0.717, 1.165) is 5.56 Å². The summed E-state index contributed by atoms with van der Waals surface area (Å²) in [5.74, 6) is -0.0936. The van der Waals surface area contributed by atoms with Crippen LogP contribution in [0.25, 0.3) is 0 Å². The Hall–Kier alpha value is -1.31. The molecule has 122 valence electrons. The summed E-state index contributed by atoms with van der Waals surface area (Å²) in [5.41, 5.74) is 0.951. The van der Waals surface area contributed by atoms with Gasteiger partial charge in [0.1, 0.15) is 0 Å². The number of halogens is 1. The van der Waals surface area contributed by atoms with Gasteiger partial charge in [-0.15, -0.1) is 0 Å². The van der Waals surface area contributed by atoms with Gasteiger partial charge in [-0.25, -0.2) is 13.2 Å². The van der Waals surface area contributed by atoms with Gasteiger partial charge in [0.15, 0.2) is 9.84 Å². The number of rotatable bonds is 5. The van der Waals surface area contributed by atoms with E-state index in [2.05, 4.69) is 10.6 Å². The lowest BCUT2D eigenvalue weighted by Crippen LogP contribution is -2.49. The van der Waals surface area contributed by atoms with Crippen molar-refractivity contribution >= 4 is 27.5 Å². The summed E-state index contributed by atoms with van der Waals surface area (Å²) in [6.07, 6.45) is -0.598. The molecule has 0 unspecified atom stereocenters. The van der Waals surface area contributed by atoms with Gasteiger partial charge < -0.3 is 15.4 Å². The van der Waals surface area contributed by atoms with Crippen LogP contribution in [0.5, 0.6) is 0 Å². The van der Waals surface area contributed by atoms with Crippen LogP contribution in [0.3, 0.4) is 0 Å². The highest BCUT2D eigenvalue weighted by Gasteiger charge is 2.38. The SMILES string of the molecule is CCOC(=O)N[C@@H]1CS(=O)(=O)C[C@H]1NCc1cccc(Cl)c1. The minimum absolute atomic E-state index is 0.00929. The molecule has 1 fully saturated rings. The number of benzene rings is 1. The Bertz CT molecular complexity index is 635. The molecule has 0 bridgehead atoms. The molecular formula is C14H19ClN2O4S. The average molecular weight is 347 g/mol. The molecule has 22 heavy (non-hydrogen) atoms. The van der Waals surface area contributed by atoms with Crippen molar-refractivity contribution in [1.82, 2.24) is 10.6 Å². The quantitative estimate of drug-likeness (QED) is 0.840. The topological polar surface area (TPSA) is 84.5 Å². The molecule has 0 aliphatic carbocycles. The van der Waals surface area contributed by atoms with Gasteiger partial charge in [0.05, 0.1) is 24.2 Å². The van der Waals surface area contributed by atoms with E-state index < -0.39 is 22.0 Å². The summed E-state index contributed by atoms with van der Waals surface area (Å²) >= 11 is 5.92. The van der Waals surface area contributed by atoms with E-state index in [9.17, 15) is 13.2 Å². The Balaban J connectivity index is 1.98. The fourth-order valence-electron chi connectivity index (χ4n) is 2.41. The van der Waals surface area contributed by atoms with Crippen molar-refractivity contribution in [2.24, 2.45) is 0 Å². The molecule has 6 nitrogen and oxygen atoms in total. The van der Waals surface area contributed by atoms with Gasteiger partial charge in [-0.1, -0.05) is 23.7 Å². The van der Waals surface area contributed by atoms with Crippen LogP contribution >= 0.6 is 11.6 Å². The van der Waals surface area contributed by atoms with Crippen LogP contribution in [0.15, 0.2) is 24.3 Å². The second-order valence-electron chi connectivity index (χ2n) is 5.17. The molecule has 8 heteroatoms. The van der Waals surface area contributed by atoms with Crippen LogP contribution in [-0.4, -0.2) is 44.7 Å². The van der Waals surface area contributed by atoms with E-state index in [4.69, 9.17) is 16.3 Å². The third-order valence-corrected chi connectivity index (χ3v) is 5.36. The molecule has 1 aliphatic rings. The molecule has 1 aromatic rings. The lowest BCUT2D eigenvalue weighted by molar-refractivity contribution is 0.147. The third-order valence-electron chi connectivity index (χ3n) is 3.39. The maximum absolute atomic E-state index is 11.8. The van der Waals surface area contributed by atoms with E-state index in [1.165, 1.54) is 0 Å². The van der Waals surface area contributed by atoms with Gasteiger partial charge in [-0.05, 0) is 24.6 Å². The highest BCUT2D eigenvalue weighted by Crippen LogP contribution is 2.15. The van der Waals surface area contributed by atoms with E-state index >= 15 is 0 Å². The molecule has 0 spiro atoms.